The van der Waals surface area contributed by atoms with Crippen molar-refractivity contribution in [3.05, 3.63) is 35.9 Å². The Labute approximate surface area is 97.8 Å². The zero-order valence-electron chi connectivity index (χ0n) is 9.99. The highest BCUT2D eigenvalue weighted by molar-refractivity contribution is 5.24. The van der Waals surface area contributed by atoms with Crippen LogP contribution in [-0.2, 0) is 4.74 Å². The average molecular weight is 219 g/mol. The van der Waals surface area contributed by atoms with Gasteiger partial charge in [-0.15, -0.1) is 0 Å². The van der Waals surface area contributed by atoms with Crippen LogP contribution in [0.1, 0.15) is 37.2 Å². The normalized spacial score (nSPS) is 30.2. The van der Waals surface area contributed by atoms with Crippen molar-refractivity contribution >= 4 is 0 Å². The van der Waals surface area contributed by atoms with Crippen molar-refractivity contribution in [3.63, 3.8) is 0 Å². The van der Waals surface area contributed by atoms with Gasteiger partial charge >= 0.3 is 0 Å². The summed E-state index contributed by atoms with van der Waals surface area (Å²) in [6.45, 7) is 0.614. The molecule has 1 aliphatic rings. The van der Waals surface area contributed by atoms with Gasteiger partial charge in [-0.1, -0.05) is 43.2 Å². The van der Waals surface area contributed by atoms with Crippen molar-refractivity contribution in [3.8, 4) is 0 Å². The molecule has 16 heavy (non-hydrogen) atoms. The Morgan fingerprint density at radius 2 is 2.06 bits per heavy atom. The van der Waals surface area contributed by atoms with E-state index in [0.29, 0.717) is 12.5 Å². The fourth-order valence-corrected chi connectivity index (χ4v) is 2.94. The van der Waals surface area contributed by atoms with Crippen molar-refractivity contribution in [1.82, 2.24) is 0 Å². The molecule has 2 nitrogen and oxygen atoms in total. The third kappa shape index (κ3) is 2.00. The van der Waals surface area contributed by atoms with Crippen molar-refractivity contribution in [2.24, 2.45) is 5.73 Å². The SMILES string of the molecule is COC1(CN)CCCCC1c1ccccc1. The van der Waals surface area contributed by atoms with E-state index >= 15 is 0 Å². The molecule has 0 aliphatic heterocycles. The number of nitrogens with two attached hydrogens (primary N) is 1. The molecule has 0 amide bonds. The van der Waals surface area contributed by atoms with Gasteiger partial charge in [0.2, 0.25) is 0 Å². The minimum Gasteiger partial charge on any atom is -0.376 e. The van der Waals surface area contributed by atoms with E-state index in [1.165, 1.54) is 24.8 Å². The van der Waals surface area contributed by atoms with Gasteiger partial charge in [0.25, 0.3) is 0 Å². The summed E-state index contributed by atoms with van der Waals surface area (Å²) in [5.41, 5.74) is 7.18. The highest BCUT2D eigenvalue weighted by atomic mass is 16.5. The van der Waals surface area contributed by atoms with Crippen LogP contribution in [0.25, 0.3) is 0 Å². The van der Waals surface area contributed by atoms with Crippen LogP contribution in [0.2, 0.25) is 0 Å². The summed E-state index contributed by atoms with van der Waals surface area (Å²) in [5.74, 6) is 0.456. The standard InChI is InChI=1S/C14H21NO/c1-16-14(11-15)10-6-5-9-13(14)12-7-3-2-4-8-12/h2-4,7-8,13H,5-6,9-11,15H2,1H3. The van der Waals surface area contributed by atoms with E-state index in [2.05, 4.69) is 30.3 Å². The molecule has 2 rings (SSSR count). The van der Waals surface area contributed by atoms with E-state index in [4.69, 9.17) is 10.5 Å². The molecular formula is C14H21NO. The average Bonchev–Trinajstić information content (AvgIpc) is 2.39. The van der Waals surface area contributed by atoms with Gasteiger partial charge in [-0.3, -0.25) is 0 Å². The lowest BCUT2D eigenvalue weighted by Gasteiger charge is -2.42. The molecule has 1 aromatic rings. The van der Waals surface area contributed by atoms with Gasteiger partial charge in [0.05, 0.1) is 5.60 Å². The van der Waals surface area contributed by atoms with Crippen molar-refractivity contribution in [2.45, 2.75) is 37.2 Å². The molecule has 1 aromatic carbocycles. The predicted molar refractivity (Wildman–Crippen MR) is 66.4 cm³/mol. The highest BCUT2D eigenvalue weighted by Gasteiger charge is 2.40. The largest absolute Gasteiger partial charge is 0.376 e. The first-order chi connectivity index (χ1) is 7.82. The van der Waals surface area contributed by atoms with Crippen LogP contribution in [0.5, 0.6) is 0 Å². The molecule has 2 unspecified atom stereocenters. The third-order valence-electron chi connectivity index (χ3n) is 3.93. The van der Waals surface area contributed by atoms with Gasteiger partial charge in [-0.2, -0.15) is 0 Å². The van der Waals surface area contributed by atoms with Gasteiger partial charge in [-0.05, 0) is 18.4 Å². The quantitative estimate of drug-likeness (QED) is 0.848. The maximum Gasteiger partial charge on any atom is 0.0868 e. The number of benzene rings is 1. The summed E-state index contributed by atoms with van der Waals surface area (Å²) in [6, 6.07) is 10.6. The van der Waals surface area contributed by atoms with Crippen LogP contribution >= 0.6 is 0 Å². The molecule has 0 heterocycles. The van der Waals surface area contributed by atoms with Crippen molar-refractivity contribution < 1.29 is 4.74 Å². The van der Waals surface area contributed by atoms with Gasteiger partial charge in [0.15, 0.2) is 0 Å². The second kappa shape index (κ2) is 4.98. The number of hydrogen-bond donors (Lipinski definition) is 1. The Kier molecular flexibility index (Phi) is 3.62. The van der Waals surface area contributed by atoms with Crippen molar-refractivity contribution in [1.29, 1.82) is 0 Å². The number of hydrogen-bond acceptors (Lipinski definition) is 2. The first kappa shape index (κ1) is 11.6. The molecule has 0 spiro atoms. The molecule has 2 N–H and O–H groups in total. The molecule has 0 bridgehead atoms. The molecule has 0 saturated heterocycles. The minimum absolute atomic E-state index is 0.139. The van der Waals surface area contributed by atoms with Gasteiger partial charge in [0.1, 0.15) is 0 Å². The van der Waals surface area contributed by atoms with Crippen molar-refractivity contribution in [2.75, 3.05) is 13.7 Å². The second-order valence-corrected chi connectivity index (χ2v) is 4.68. The third-order valence-corrected chi connectivity index (χ3v) is 3.93. The summed E-state index contributed by atoms with van der Waals surface area (Å²) in [5, 5.41) is 0. The predicted octanol–water partition coefficient (Wildman–Crippen LogP) is 2.69. The van der Waals surface area contributed by atoms with Crippen LogP contribution in [0.3, 0.4) is 0 Å². The van der Waals surface area contributed by atoms with Gasteiger partial charge in [0, 0.05) is 19.6 Å². The van der Waals surface area contributed by atoms with E-state index in [9.17, 15) is 0 Å². The molecule has 0 radical (unpaired) electrons. The second-order valence-electron chi connectivity index (χ2n) is 4.68. The van der Waals surface area contributed by atoms with E-state index in [1.807, 2.05) is 0 Å². The summed E-state index contributed by atoms with van der Waals surface area (Å²) in [4.78, 5) is 0. The van der Waals surface area contributed by atoms with Crippen LogP contribution in [-0.4, -0.2) is 19.3 Å². The molecule has 2 heteroatoms. The Morgan fingerprint density at radius 3 is 2.69 bits per heavy atom. The van der Waals surface area contributed by atoms with E-state index in [1.54, 1.807) is 7.11 Å². The van der Waals surface area contributed by atoms with E-state index in [0.717, 1.165) is 6.42 Å². The van der Waals surface area contributed by atoms with Gasteiger partial charge in [-0.25, -0.2) is 0 Å². The zero-order valence-corrected chi connectivity index (χ0v) is 9.99. The Bertz CT molecular complexity index is 319. The van der Waals surface area contributed by atoms with Crippen LogP contribution in [0, 0.1) is 0 Å². The Morgan fingerprint density at radius 1 is 1.31 bits per heavy atom. The topological polar surface area (TPSA) is 35.2 Å². The van der Waals surface area contributed by atoms with E-state index in [-0.39, 0.29) is 5.60 Å². The fourth-order valence-electron chi connectivity index (χ4n) is 2.94. The Balaban J connectivity index is 2.29. The lowest BCUT2D eigenvalue weighted by molar-refractivity contribution is -0.0489. The lowest BCUT2D eigenvalue weighted by atomic mass is 9.72. The highest BCUT2D eigenvalue weighted by Crippen LogP contribution is 2.42. The lowest BCUT2D eigenvalue weighted by Crippen LogP contribution is -2.47. The molecular weight excluding hydrogens is 198 g/mol. The van der Waals surface area contributed by atoms with Gasteiger partial charge < -0.3 is 10.5 Å². The molecule has 1 fully saturated rings. The zero-order chi connectivity index (χ0) is 11.4. The monoisotopic (exact) mass is 219 g/mol. The molecule has 88 valence electrons. The summed E-state index contributed by atoms with van der Waals surface area (Å²) < 4.78 is 5.77. The first-order valence-electron chi connectivity index (χ1n) is 6.12. The summed E-state index contributed by atoms with van der Waals surface area (Å²) in [7, 11) is 1.80. The maximum absolute atomic E-state index is 5.95. The molecule has 1 saturated carbocycles. The van der Waals surface area contributed by atoms with Crippen LogP contribution in [0.15, 0.2) is 30.3 Å². The molecule has 0 aromatic heterocycles. The first-order valence-corrected chi connectivity index (χ1v) is 6.12. The molecule has 2 atom stereocenters. The van der Waals surface area contributed by atoms with E-state index < -0.39 is 0 Å². The minimum atomic E-state index is -0.139. The van der Waals surface area contributed by atoms with Crippen LogP contribution in [0.4, 0.5) is 0 Å². The molecule has 1 aliphatic carbocycles. The fraction of sp³-hybridized carbons (Fsp3) is 0.571. The smallest absolute Gasteiger partial charge is 0.0868 e. The number of methoxy groups -OCH3 is 1. The van der Waals surface area contributed by atoms with Crippen LogP contribution < -0.4 is 5.73 Å². The number of rotatable bonds is 3. The Hall–Kier alpha value is -0.860. The summed E-state index contributed by atoms with van der Waals surface area (Å²) in [6.07, 6.45) is 4.79. The maximum atomic E-state index is 5.95. The number of ether oxygens (including phenoxy) is 1. The summed E-state index contributed by atoms with van der Waals surface area (Å²) >= 11 is 0.